The number of benzene rings is 1. The highest BCUT2D eigenvalue weighted by Crippen LogP contribution is 2.30. The maximum absolute atomic E-state index is 10.7. The Hall–Kier alpha value is -1.88. The number of carboxylic acids is 1. The van der Waals surface area contributed by atoms with Crippen LogP contribution in [0.1, 0.15) is 9.80 Å². The molecule has 0 radical (unpaired) electrons. The molecule has 2 aromatic rings. The molecule has 4 nitrogen and oxygen atoms in total. The maximum atomic E-state index is 10.7. The Morgan fingerprint density at radius 1 is 1.44 bits per heavy atom. The molecule has 0 unspecified atom stereocenters. The molecule has 1 aromatic heterocycles. The number of nitrogens with zero attached hydrogens (tertiary/aromatic N) is 1. The second-order valence-corrected chi connectivity index (χ2v) is 3.90. The minimum Gasteiger partial charge on any atom is -0.496 e. The van der Waals surface area contributed by atoms with Crippen LogP contribution in [0, 0.1) is 0 Å². The molecule has 0 amide bonds. The van der Waals surface area contributed by atoms with Crippen LogP contribution in [0.2, 0.25) is 0 Å². The Morgan fingerprint density at radius 2 is 2.19 bits per heavy atom. The number of para-hydroxylation sites is 1. The first kappa shape index (κ1) is 10.6. The largest absolute Gasteiger partial charge is 0.496 e. The average Bonchev–Trinajstić information content (AvgIpc) is 2.78. The summed E-state index contributed by atoms with van der Waals surface area (Å²) in [6.45, 7) is 0. The van der Waals surface area contributed by atoms with Gasteiger partial charge in [-0.2, -0.15) is 0 Å². The molecule has 0 aliphatic rings. The first-order valence-corrected chi connectivity index (χ1v) is 5.42. The number of aromatic nitrogens is 1. The van der Waals surface area contributed by atoms with Gasteiger partial charge in [-0.15, -0.1) is 11.3 Å². The zero-order chi connectivity index (χ0) is 11.5. The number of aromatic carboxylic acids is 1. The molecule has 0 saturated carbocycles. The number of rotatable bonds is 3. The van der Waals surface area contributed by atoms with E-state index in [1.807, 2.05) is 24.3 Å². The minimum absolute atomic E-state index is 0.0842. The molecule has 0 atom stereocenters. The monoisotopic (exact) mass is 235 g/mol. The van der Waals surface area contributed by atoms with Gasteiger partial charge in [0.2, 0.25) is 5.01 Å². The highest BCUT2D eigenvalue weighted by Gasteiger charge is 2.12. The van der Waals surface area contributed by atoms with Gasteiger partial charge in [0.15, 0.2) is 0 Å². The van der Waals surface area contributed by atoms with Crippen LogP contribution in [0.25, 0.3) is 11.3 Å². The summed E-state index contributed by atoms with van der Waals surface area (Å²) in [5.41, 5.74) is 1.42. The van der Waals surface area contributed by atoms with Crippen LogP contribution >= 0.6 is 11.3 Å². The second kappa shape index (κ2) is 4.32. The Morgan fingerprint density at radius 3 is 2.81 bits per heavy atom. The lowest BCUT2D eigenvalue weighted by molar-refractivity contribution is 0.0696. The summed E-state index contributed by atoms with van der Waals surface area (Å²) in [6.07, 6.45) is 0. The van der Waals surface area contributed by atoms with Gasteiger partial charge in [-0.05, 0) is 12.1 Å². The lowest BCUT2D eigenvalue weighted by atomic mass is 10.1. The Balaban J connectivity index is 2.46. The molecular weight excluding hydrogens is 226 g/mol. The van der Waals surface area contributed by atoms with E-state index < -0.39 is 5.97 Å². The van der Waals surface area contributed by atoms with Crippen molar-refractivity contribution in [2.45, 2.75) is 0 Å². The van der Waals surface area contributed by atoms with Gasteiger partial charge >= 0.3 is 5.97 Å². The summed E-state index contributed by atoms with van der Waals surface area (Å²) in [6, 6.07) is 7.37. The summed E-state index contributed by atoms with van der Waals surface area (Å²) in [7, 11) is 1.57. The fourth-order valence-electron chi connectivity index (χ4n) is 1.35. The quantitative estimate of drug-likeness (QED) is 0.888. The van der Waals surface area contributed by atoms with Gasteiger partial charge in [0.05, 0.1) is 12.8 Å². The summed E-state index contributed by atoms with van der Waals surface area (Å²) < 4.78 is 5.19. The zero-order valence-corrected chi connectivity index (χ0v) is 9.32. The van der Waals surface area contributed by atoms with Crippen LogP contribution in [-0.4, -0.2) is 23.2 Å². The van der Waals surface area contributed by atoms with E-state index in [2.05, 4.69) is 4.98 Å². The fraction of sp³-hybridized carbons (Fsp3) is 0.0909. The van der Waals surface area contributed by atoms with Crippen molar-refractivity contribution in [3.63, 3.8) is 0 Å². The van der Waals surface area contributed by atoms with Crippen LogP contribution < -0.4 is 4.74 Å². The number of hydrogen-bond donors (Lipinski definition) is 1. The first-order valence-electron chi connectivity index (χ1n) is 4.54. The molecule has 0 saturated heterocycles. The second-order valence-electron chi connectivity index (χ2n) is 3.04. The fourth-order valence-corrected chi connectivity index (χ4v) is 2.01. The smallest absolute Gasteiger partial charge is 0.365 e. The number of methoxy groups -OCH3 is 1. The molecule has 16 heavy (non-hydrogen) atoms. The van der Waals surface area contributed by atoms with E-state index in [9.17, 15) is 4.79 Å². The van der Waals surface area contributed by atoms with Crippen molar-refractivity contribution in [1.29, 1.82) is 0 Å². The number of carbonyl (C=O) groups is 1. The highest BCUT2D eigenvalue weighted by atomic mass is 32.1. The number of ether oxygens (including phenoxy) is 1. The predicted octanol–water partition coefficient (Wildman–Crippen LogP) is 2.52. The van der Waals surface area contributed by atoms with Crippen LogP contribution in [0.15, 0.2) is 29.6 Å². The van der Waals surface area contributed by atoms with Crippen LogP contribution in [0.5, 0.6) is 5.75 Å². The van der Waals surface area contributed by atoms with Crippen molar-refractivity contribution in [1.82, 2.24) is 4.98 Å². The topological polar surface area (TPSA) is 59.4 Å². The molecule has 1 aromatic carbocycles. The maximum Gasteiger partial charge on any atom is 0.365 e. The van der Waals surface area contributed by atoms with Crippen LogP contribution in [0.3, 0.4) is 0 Å². The molecule has 1 heterocycles. The molecule has 1 N–H and O–H groups in total. The highest BCUT2D eigenvalue weighted by molar-refractivity contribution is 7.11. The third-order valence-corrected chi connectivity index (χ3v) is 2.90. The van der Waals surface area contributed by atoms with Gasteiger partial charge in [0, 0.05) is 10.9 Å². The van der Waals surface area contributed by atoms with Crippen molar-refractivity contribution in [3.05, 3.63) is 34.7 Å². The number of hydrogen-bond acceptors (Lipinski definition) is 4. The van der Waals surface area contributed by atoms with Gasteiger partial charge in [0.1, 0.15) is 5.75 Å². The van der Waals surface area contributed by atoms with E-state index >= 15 is 0 Å². The van der Waals surface area contributed by atoms with E-state index in [-0.39, 0.29) is 5.01 Å². The summed E-state index contributed by atoms with van der Waals surface area (Å²) in [4.78, 5) is 14.7. The van der Waals surface area contributed by atoms with Crippen molar-refractivity contribution in [2.24, 2.45) is 0 Å². The Bertz CT molecular complexity index is 521. The predicted molar refractivity (Wildman–Crippen MR) is 61.1 cm³/mol. The van der Waals surface area contributed by atoms with Crippen molar-refractivity contribution in [3.8, 4) is 17.0 Å². The molecule has 0 aliphatic carbocycles. The van der Waals surface area contributed by atoms with Crippen molar-refractivity contribution < 1.29 is 14.6 Å². The SMILES string of the molecule is COc1ccccc1-c1csc(C(=O)O)n1. The molecule has 2 rings (SSSR count). The third kappa shape index (κ3) is 1.90. The van der Waals surface area contributed by atoms with Crippen LogP contribution in [0.4, 0.5) is 0 Å². The Labute approximate surface area is 96.1 Å². The van der Waals surface area contributed by atoms with E-state index in [0.717, 1.165) is 16.9 Å². The lowest BCUT2D eigenvalue weighted by Gasteiger charge is -2.04. The molecule has 0 aliphatic heterocycles. The van der Waals surface area contributed by atoms with E-state index in [4.69, 9.17) is 9.84 Å². The molecular formula is C11H9NO3S. The third-order valence-electron chi connectivity index (χ3n) is 2.07. The van der Waals surface area contributed by atoms with Gasteiger partial charge in [-0.3, -0.25) is 0 Å². The molecule has 82 valence electrons. The Kier molecular flexibility index (Phi) is 2.87. The standard InChI is InChI=1S/C11H9NO3S/c1-15-9-5-3-2-4-7(9)8-6-16-10(12-8)11(13)14/h2-6H,1H3,(H,13,14). The van der Waals surface area contributed by atoms with Crippen molar-refractivity contribution >= 4 is 17.3 Å². The first-order chi connectivity index (χ1) is 7.72. The van der Waals surface area contributed by atoms with Gasteiger partial charge in [0.25, 0.3) is 0 Å². The van der Waals surface area contributed by atoms with Gasteiger partial charge < -0.3 is 9.84 Å². The molecule has 5 heteroatoms. The minimum atomic E-state index is -1.01. The van der Waals surface area contributed by atoms with E-state index in [1.54, 1.807) is 12.5 Å². The molecule has 0 spiro atoms. The van der Waals surface area contributed by atoms with E-state index in [0.29, 0.717) is 11.4 Å². The lowest BCUT2D eigenvalue weighted by Crippen LogP contribution is -1.94. The molecule has 0 bridgehead atoms. The van der Waals surface area contributed by atoms with Crippen molar-refractivity contribution in [2.75, 3.05) is 7.11 Å². The number of thiazole rings is 1. The number of carboxylic acid groups (broad SMARTS) is 1. The van der Waals surface area contributed by atoms with Crippen LogP contribution in [-0.2, 0) is 0 Å². The molecule has 0 fully saturated rings. The van der Waals surface area contributed by atoms with E-state index in [1.165, 1.54) is 0 Å². The normalized spacial score (nSPS) is 10.1. The summed E-state index contributed by atoms with van der Waals surface area (Å²) >= 11 is 1.11. The summed E-state index contributed by atoms with van der Waals surface area (Å²) in [5.74, 6) is -0.323. The van der Waals surface area contributed by atoms with Gasteiger partial charge in [-0.25, -0.2) is 9.78 Å². The average molecular weight is 235 g/mol. The summed E-state index contributed by atoms with van der Waals surface area (Å²) in [5, 5.41) is 10.6. The van der Waals surface area contributed by atoms with Gasteiger partial charge in [-0.1, -0.05) is 12.1 Å². The zero-order valence-electron chi connectivity index (χ0n) is 8.51.